The summed E-state index contributed by atoms with van der Waals surface area (Å²) in [5, 5.41) is 11.2. The van der Waals surface area contributed by atoms with Gasteiger partial charge in [0.1, 0.15) is 0 Å². The number of amides is 1. The van der Waals surface area contributed by atoms with Crippen molar-refractivity contribution in [2.24, 2.45) is 11.7 Å². The van der Waals surface area contributed by atoms with Gasteiger partial charge in [-0.15, -0.1) is 0 Å². The zero-order valence-electron chi connectivity index (χ0n) is 6.33. The third-order valence-corrected chi connectivity index (χ3v) is 1.25. The second-order valence-corrected chi connectivity index (χ2v) is 2.26. The Balaban J connectivity index is 3.89. The van der Waals surface area contributed by atoms with E-state index in [1.54, 1.807) is 7.05 Å². The number of hydrogen-bond donors (Lipinski definition) is 3. The molecule has 0 aliphatic rings. The maximum atomic E-state index is 10.4. The number of aliphatic carboxylic acids is 1. The lowest BCUT2D eigenvalue weighted by Crippen LogP contribution is -2.30. The Kier molecular flexibility index (Phi) is 4.21. The van der Waals surface area contributed by atoms with Crippen LogP contribution in [0.2, 0.25) is 0 Å². The molecule has 1 amide bonds. The van der Waals surface area contributed by atoms with Gasteiger partial charge in [0.15, 0.2) is 0 Å². The lowest BCUT2D eigenvalue weighted by atomic mass is 10.1. The Morgan fingerprint density at radius 2 is 2.18 bits per heavy atom. The third-order valence-electron chi connectivity index (χ3n) is 1.25. The van der Waals surface area contributed by atoms with Crippen LogP contribution in [0.15, 0.2) is 0 Å². The highest BCUT2D eigenvalue weighted by atomic mass is 16.4. The van der Waals surface area contributed by atoms with Gasteiger partial charge < -0.3 is 16.2 Å². The van der Waals surface area contributed by atoms with Crippen LogP contribution >= 0.6 is 0 Å². The molecule has 5 nitrogen and oxygen atoms in total. The molecule has 0 aromatic rings. The second-order valence-electron chi connectivity index (χ2n) is 2.26. The van der Waals surface area contributed by atoms with E-state index in [-0.39, 0.29) is 13.0 Å². The Hall–Kier alpha value is -1.10. The van der Waals surface area contributed by atoms with Crippen LogP contribution in [0, 0.1) is 5.92 Å². The van der Waals surface area contributed by atoms with E-state index in [9.17, 15) is 9.59 Å². The molecule has 1 atom stereocenters. The van der Waals surface area contributed by atoms with Crippen LogP contribution in [-0.2, 0) is 9.59 Å². The fraction of sp³-hybridized carbons (Fsp3) is 0.667. The van der Waals surface area contributed by atoms with Crippen molar-refractivity contribution in [1.82, 2.24) is 5.32 Å². The molecule has 0 spiro atoms. The van der Waals surface area contributed by atoms with Crippen LogP contribution in [0.1, 0.15) is 6.42 Å². The molecular formula is C6H12N2O3. The molecule has 0 aliphatic carbocycles. The van der Waals surface area contributed by atoms with E-state index in [0.717, 1.165) is 0 Å². The molecule has 64 valence electrons. The molecule has 0 unspecified atom stereocenters. The normalized spacial score (nSPS) is 12.5. The van der Waals surface area contributed by atoms with Crippen molar-refractivity contribution in [3.05, 3.63) is 0 Å². The molecule has 5 heteroatoms. The zero-order valence-corrected chi connectivity index (χ0v) is 6.33. The molecule has 11 heavy (non-hydrogen) atoms. The number of carboxylic acids is 1. The highest BCUT2D eigenvalue weighted by molar-refractivity contribution is 5.81. The second kappa shape index (κ2) is 4.68. The molecule has 0 heterocycles. The summed E-state index contributed by atoms with van der Waals surface area (Å²) < 4.78 is 0. The monoisotopic (exact) mass is 160 g/mol. The summed E-state index contributed by atoms with van der Waals surface area (Å²) in [6, 6.07) is 0. The minimum absolute atomic E-state index is 0.115. The number of carboxylic acid groups (broad SMARTS) is 1. The van der Waals surface area contributed by atoms with Gasteiger partial charge in [0.2, 0.25) is 5.91 Å². The van der Waals surface area contributed by atoms with Crippen LogP contribution < -0.4 is 11.1 Å². The van der Waals surface area contributed by atoms with Gasteiger partial charge >= 0.3 is 5.97 Å². The van der Waals surface area contributed by atoms with Crippen LogP contribution in [0.5, 0.6) is 0 Å². The highest BCUT2D eigenvalue weighted by Crippen LogP contribution is 2.00. The Morgan fingerprint density at radius 1 is 1.64 bits per heavy atom. The predicted octanol–water partition coefficient (Wildman–Crippen LogP) is -1.22. The van der Waals surface area contributed by atoms with Crippen molar-refractivity contribution in [1.29, 1.82) is 0 Å². The number of carbonyl (C=O) groups is 2. The minimum atomic E-state index is -1.00. The topological polar surface area (TPSA) is 92.4 Å². The van der Waals surface area contributed by atoms with Gasteiger partial charge in [0.05, 0.1) is 5.92 Å². The average Bonchev–Trinajstić information content (AvgIpc) is 1.86. The Morgan fingerprint density at radius 3 is 2.45 bits per heavy atom. The lowest BCUT2D eigenvalue weighted by molar-refractivity contribution is -0.143. The van der Waals surface area contributed by atoms with Crippen LogP contribution in [0.4, 0.5) is 0 Å². The van der Waals surface area contributed by atoms with E-state index >= 15 is 0 Å². The van der Waals surface area contributed by atoms with Gasteiger partial charge in [-0.25, -0.2) is 0 Å². The van der Waals surface area contributed by atoms with Crippen molar-refractivity contribution < 1.29 is 14.7 Å². The van der Waals surface area contributed by atoms with Gasteiger partial charge in [-0.1, -0.05) is 0 Å². The zero-order chi connectivity index (χ0) is 8.85. The first-order valence-electron chi connectivity index (χ1n) is 3.23. The first-order chi connectivity index (χ1) is 5.07. The van der Waals surface area contributed by atoms with Crippen LogP contribution in [-0.4, -0.2) is 30.6 Å². The Labute approximate surface area is 64.6 Å². The average molecular weight is 160 g/mol. The summed E-state index contributed by atoms with van der Waals surface area (Å²) in [4.78, 5) is 20.7. The molecule has 0 fully saturated rings. The van der Waals surface area contributed by atoms with E-state index in [1.165, 1.54) is 0 Å². The maximum Gasteiger partial charge on any atom is 0.308 e. The number of rotatable bonds is 5. The number of carbonyl (C=O) groups excluding carboxylic acids is 1. The molecule has 0 aromatic carbocycles. The van der Waals surface area contributed by atoms with E-state index < -0.39 is 17.8 Å². The molecule has 0 aromatic heterocycles. The van der Waals surface area contributed by atoms with Crippen LogP contribution in [0.3, 0.4) is 0 Å². The smallest absolute Gasteiger partial charge is 0.308 e. The predicted molar refractivity (Wildman–Crippen MR) is 38.9 cm³/mol. The lowest BCUT2D eigenvalue weighted by Gasteiger charge is -2.07. The van der Waals surface area contributed by atoms with E-state index in [1.807, 2.05) is 0 Å². The number of nitrogens with two attached hydrogens (primary N) is 1. The SMILES string of the molecule is CNC[C@@H](CC(N)=O)C(=O)O. The molecule has 0 aliphatic heterocycles. The first kappa shape index (κ1) is 9.90. The van der Waals surface area contributed by atoms with Crippen molar-refractivity contribution in [3.8, 4) is 0 Å². The summed E-state index contributed by atoms with van der Waals surface area (Å²) in [5.41, 5.74) is 4.83. The van der Waals surface area contributed by atoms with Gasteiger partial charge in [0.25, 0.3) is 0 Å². The fourth-order valence-corrected chi connectivity index (χ4v) is 0.736. The van der Waals surface area contributed by atoms with Gasteiger partial charge in [0, 0.05) is 13.0 Å². The third kappa shape index (κ3) is 4.32. The largest absolute Gasteiger partial charge is 0.481 e. The van der Waals surface area contributed by atoms with Gasteiger partial charge in [-0.2, -0.15) is 0 Å². The van der Waals surface area contributed by atoms with Crippen molar-refractivity contribution in [2.75, 3.05) is 13.6 Å². The fourth-order valence-electron chi connectivity index (χ4n) is 0.736. The summed E-state index contributed by atoms with van der Waals surface area (Å²) in [7, 11) is 1.62. The molecule has 4 N–H and O–H groups in total. The first-order valence-corrected chi connectivity index (χ1v) is 3.23. The molecule has 0 saturated carbocycles. The van der Waals surface area contributed by atoms with Crippen molar-refractivity contribution >= 4 is 11.9 Å². The van der Waals surface area contributed by atoms with Gasteiger partial charge in [-0.3, -0.25) is 9.59 Å². The van der Waals surface area contributed by atoms with E-state index in [4.69, 9.17) is 10.8 Å². The molecule has 0 saturated heterocycles. The van der Waals surface area contributed by atoms with Crippen LogP contribution in [0.25, 0.3) is 0 Å². The quantitative estimate of drug-likeness (QED) is 0.470. The number of hydrogen-bond acceptors (Lipinski definition) is 3. The summed E-state index contributed by atoms with van der Waals surface area (Å²) in [6.07, 6.45) is -0.115. The van der Waals surface area contributed by atoms with Gasteiger partial charge in [-0.05, 0) is 7.05 Å². The molecular weight excluding hydrogens is 148 g/mol. The number of nitrogens with one attached hydrogen (secondary N) is 1. The van der Waals surface area contributed by atoms with E-state index in [2.05, 4.69) is 5.32 Å². The summed E-state index contributed by atoms with van der Waals surface area (Å²) >= 11 is 0. The van der Waals surface area contributed by atoms with Crippen molar-refractivity contribution in [2.45, 2.75) is 6.42 Å². The maximum absolute atomic E-state index is 10.4. The number of primary amides is 1. The minimum Gasteiger partial charge on any atom is -0.481 e. The van der Waals surface area contributed by atoms with E-state index in [0.29, 0.717) is 0 Å². The molecule has 0 rings (SSSR count). The molecule has 0 bridgehead atoms. The summed E-state index contributed by atoms with van der Waals surface area (Å²) in [6.45, 7) is 0.262. The molecule has 0 radical (unpaired) electrons. The highest BCUT2D eigenvalue weighted by Gasteiger charge is 2.18. The standard InChI is InChI=1S/C6H12N2O3/c1-8-3-4(6(10)11)2-5(7)9/h4,8H,2-3H2,1H3,(H2,7,9)(H,10,11)/t4-/m1/s1. The Bertz CT molecular complexity index is 158. The summed E-state index contributed by atoms with van der Waals surface area (Å²) in [5.74, 6) is -2.30. The van der Waals surface area contributed by atoms with Crippen molar-refractivity contribution in [3.63, 3.8) is 0 Å².